The fraction of sp³-hybridized carbons (Fsp3) is 1.00. The fourth-order valence-corrected chi connectivity index (χ4v) is 2.72. The maximum atomic E-state index is 5.84. The number of ether oxygens (including phenoxy) is 1. The van der Waals surface area contributed by atoms with Crippen molar-refractivity contribution >= 4 is 0 Å². The number of rotatable bonds is 10. The molecular formula is C15H31NO. The van der Waals surface area contributed by atoms with Gasteiger partial charge in [0.15, 0.2) is 0 Å². The topological polar surface area (TPSA) is 21.3 Å². The predicted octanol–water partition coefficient (Wildman–Crippen LogP) is 3.75. The van der Waals surface area contributed by atoms with Gasteiger partial charge >= 0.3 is 0 Å². The first-order chi connectivity index (χ1) is 8.38. The van der Waals surface area contributed by atoms with Gasteiger partial charge in [-0.15, -0.1) is 0 Å². The zero-order valence-corrected chi connectivity index (χ0v) is 11.8. The SMILES string of the molecule is CCCCCOCC(NCCC)C1CCCC1. The number of hydrogen-bond donors (Lipinski definition) is 1. The van der Waals surface area contributed by atoms with E-state index >= 15 is 0 Å². The molecule has 0 aromatic carbocycles. The molecule has 2 nitrogen and oxygen atoms in total. The van der Waals surface area contributed by atoms with Gasteiger partial charge < -0.3 is 10.1 Å². The van der Waals surface area contributed by atoms with Crippen molar-refractivity contribution in [3.05, 3.63) is 0 Å². The summed E-state index contributed by atoms with van der Waals surface area (Å²) in [7, 11) is 0. The van der Waals surface area contributed by atoms with E-state index in [0.717, 1.165) is 25.7 Å². The molecule has 1 saturated carbocycles. The van der Waals surface area contributed by atoms with Crippen LogP contribution in [0, 0.1) is 5.92 Å². The lowest BCUT2D eigenvalue weighted by Gasteiger charge is -2.24. The van der Waals surface area contributed by atoms with Crippen LogP contribution in [0.2, 0.25) is 0 Å². The highest BCUT2D eigenvalue weighted by Gasteiger charge is 2.24. The average molecular weight is 241 g/mol. The first-order valence-electron chi connectivity index (χ1n) is 7.69. The third-order valence-electron chi connectivity index (χ3n) is 3.82. The maximum Gasteiger partial charge on any atom is 0.0622 e. The van der Waals surface area contributed by atoms with Gasteiger partial charge in [0, 0.05) is 12.6 Å². The molecule has 102 valence electrons. The summed E-state index contributed by atoms with van der Waals surface area (Å²) in [4.78, 5) is 0. The zero-order chi connectivity index (χ0) is 12.3. The highest BCUT2D eigenvalue weighted by atomic mass is 16.5. The summed E-state index contributed by atoms with van der Waals surface area (Å²) in [5.41, 5.74) is 0. The van der Waals surface area contributed by atoms with E-state index in [1.165, 1.54) is 51.4 Å². The number of unbranched alkanes of at least 4 members (excludes halogenated alkanes) is 2. The van der Waals surface area contributed by atoms with Crippen LogP contribution in [0.1, 0.15) is 65.2 Å². The van der Waals surface area contributed by atoms with Gasteiger partial charge in [0.05, 0.1) is 6.61 Å². The predicted molar refractivity (Wildman–Crippen MR) is 74.4 cm³/mol. The number of nitrogens with one attached hydrogen (secondary N) is 1. The summed E-state index contributed by atoms with van der Waals surface area (Å²) in [5.74, 6) is 0.868. The second-order valence-corrected chi connectivity index (χ2v) is 5.39. The summed E-state index contributed by atoms with van der Waals surface area (Å²) in [6, 6.07) is 0.610. The van der Waals surface area contributed by atoms with Crippen molar-refractivity contribution in [3.8, 4) is 0 Å². The lowest BCUT2D eigenvalue weighted by Crippen LogP contribution is -2.39. The fourth-order valence-electron chi connectivity index (χ4n) is 2.72. The Morgan fingerprint density at radius 3 is 2.53 bits per heavy atom. The summed E-state index contributed by atoms with van der Waals surface area (Å²) in [6.45, 7) is 7.49. The molecule has 1 aliphatic carbocycles. The Labute approximate surface area is 108 Å². The molecule has 0 saturated heterocycles. The van der Waals surface area contributed by atoms with Crippen molar-refractivity contribution in [3.63, 3.8) is 0 Å². The van der Waals surface area contributed by atoms with Gasteiger partial charge in [-0.2, -0.15) is 0 Å². The van der Waals surface area contributed by atoms with E-state index in [9.17, 15) is 0 Å². The molecule has 0 spiro atoms. The Morgan fingerprint density at radius 2 is 1.88 bits per heavy atom. The molecule has 0 aromatic rings. The van der Waals surface area contributed by atoms with Crippen LogP contribution in [0.3, 0.4) is 0 Å². The Balaban J connectivity index is 2.15. The average Bonchev–Trinajstić information content (AvgIpc) is 2.86. The largest absolute Gasteiger partial charge is 0.380 e. The standard InChI is InChI=1S/C15H31NO/c1-3-5-8-12-17-13-15(16-11-4-2)14-9-6-7-10-14/h14-16H,3-13H2,1-2H3. The second kappa shape index (κ2) is 9.90. The lowest BCUT2D eigenvalue weighted by molar-refractivity contribution is 0.0907. The molecule has 1 fully saturated rings. The lowest BCUT2D eigenvalue weighted by atomic mass is 9.99. The molecule has 1 N–H and O–H groups in total. The minimum absolute atomic E-state index is 0.610. The third-order valence-corrected chi connectivity index (χ3v) is 3.82. The normalized spacial score (nSPS) is 18.7. The number of hydrogen-bond acceptors (Lipinski definition) is 2. The van der Waals surface area contributed by atoms with E-state index in [4.69, 9.17) is 4.74 Å². The maximum absolute atomic E-state index is 5.84. The Bertz CT molecular complexity index is 166. The molecule has 0 radical (unpaired) electrons. The molecule has 1 aliphatic rings. The van der Waals surface area contributed by atoms with Crippen molar-refractivity contribution in [2.24, 2.45) is 5.92 Å². The smallest absolute Gasteiger partial charge is 0.0622 e. The summed E-state index contributed by atoms with van der Waals surface area (Å²) >= 11 is 0. The molecule has 0 bridgehead atoms. The van der Waals surface area contributed by atoms with Crippen LogP contribution in [-0.2, 0) is 4.74 Å². The highest BCUT2D eigenvalue weighted by Crippen LogP contribution is 2.27. The van der Waals surface area contributed by atoms with Gasteiger partial charge in [-0.1, -0.05) is 39.5 Å². The molecule has 0 heterocycles. The van der Waals surface area contributed by atoms with E-state index in [1.807, 2.05) is 0 Å². The van der Waals surface area contributed by atoms with Gasteiger partial charge in [0.2, 0.25) is 0 Å². The van der Waals surface area contributed by atoms with Crippen LogP contribution < -0.4 is 5.32 Å². The van der Waals surface area contributed by atoms with Gasteiger partial charge in [0.1, 0.15) is 0 Å². The van der Waals surface area contributed by atoms with Crippen LogP contribution >= 0.6 is 0 Å². The van der Waals surface area contributed by atoms with Gasteiger partial charge in [0.25, 0.3) is 0 Å². The van der Waals surface area contributed by atoms with Gasteiger partial charge in [-0.25, -0.2) is 0 Å². The molecule has 2 heteroatoms. The van der Waals surface area contributed by atoms with E-state index in [0.29, 0.717) is 6.04 Å². The van der Waals surface area contributed by atoms with E-state index in [2.05, 4.69) is 19.2 Å². The van der Waals surface area contributed by atoms with Crippen molar-refractivity contribution < 1.29 is 4.74 Å². The summed E-state index contributed by atoms with van der Waals surface area (Å²) in [5, 5.41) is 3.68. The monoisotopic (exact) mass is 241 g/mol. The minimum atomic E-state index is 0.610. The van der Waals surface area contributed by atoms with E-state index in [1.54, 1.807) is 0 Å². The zero-order valence-electron chi connectivity index (χ0n) is 11.8. The highest BCUT2D eigenvalue weighted by molar-refractivity contribution is 4.80. The van der Waals surface area contributed by atoms with Crippen molar-refractivity contribution in [1.82, 2.24) is 5.32 Å². The van der Waals surface area contributed by atoms with Gasteiger partial charge in [-0.05, 0) is 38.1 Å². The molecule has 0 amide bonds. The van der Waals surface area contributed by atoms with Crippen LogP contribution in [-0.4, -0.2) is 25.8 Å². The molecule has 1 rings (SSSR count). The second-order valence-electron chi connectivity index (χ2n) is 5.39. The Hall–Kier alpha value is -0.0800. The Kier molecular flexibility index (Phi) is 8.72. The molecular weight excluding hydrogens is 210 g/mol. The quantitative estimate of drug-likeness (QED) is 0.588. The molecule has 0 aliphatic heterocycles. The molecule has 1 unspecified atom stereocenters. The van der Waals surface area contributed by atoms with Crippen LogP contribution in [0.5, 0.6) is 0 Å². The van der Waals surface area contributed by atoms with Crippen molar-refractivity contribution in [1.29, 1.82) is 0 Å². The first kappa shape index (κ1) is 15.0. The summed E-state index contributed by atoms with van der Waals surface area (Å²) in [6.07, 6.45) is 10.7. The van der Waals surface area contributed by atoms with Crippen LogP contribution in [0.15, 0.2) is 0 Å². The summed E-state index contributed by atoms with van der Waals surface area (Å²) < 4.78 is 5.84. The van der Waals surface area contributed by atoms with Crippen molar-refractivity contribution in [2.45, 2.75) is 71.3 Å². The van der Waals surface area contributed by atoms with E-state index < -0.39 is 0 Å². The Morgan fingerprint density at radius 1 is 1.12 bits per heavy atom. The molecule has 17 heavy (non-hydrogen) atoms. The first-order valence-corrected chi connectivity index (χ1v) is 7.69. The van der Waals surface area contributed by atoms with Crippen LogP contribution in [0.25, 0.3) is 0 Å². The van der Waals surface area contributed by atoms with Gasteiger partial charge in [-0.3, -0.25) is 0 Å². The van der Waals surface area contributed by atoms with E-state index in [-0.39, 0.29) is 0 Å². The molecule has 0 aromatic heterocycles. The minimum Gasteiger partial charge on any atom is -0.380 e. The van der Waals surface area contributed by atoms with Crippen LogP contribution in [0.4, 0.5) is 0 Å². The molecule has 1 atom stereocenters. The van der Waals surface area contributed by atoms with Crippen molar-refractivity contribution in [2.75, 3.05) is 19.8 Å². The third kappa shape index (κ3) is 6.42.